The minimum atomic E-state index is -3.66. The summed E-state index contributed by atoms with van der Waals surface area (Å²) < 4.78 is 31.8. The van der Waals surface area contributed by atoms with E-state index in [0.29, 0.717) is 18.5 Å². The predicted octanol–water partition coefficient (Wildman–Crippen LogP) is 1.02. The number of hydrogen-bond donors (Lipinski definition) is 2. The maximum absolute atomic E-state index is 12.2. The second-order valence-corrected chi connectivity index (χ2v) is 6.23. The summed E-state index contributed by atoms with van der Waals surface area (Å²) in [4.78, 5) is 0.368. The number of aromatic nitrogens is 1. The fraction of sp³-hybridized carbons (Fsp3) is 0.600. The van der Waals surface area contributed by atoms with Gasteiger partial charge in [0.1, 0.15) is 10.6 Å². The van der Waals surface area contributed by atoms with Gasteiger partial charge in [-0.1, -0.05) is 24.3 Å². The van der Waals surface area contributed by atoms with Crippen LogP contribution in [0.5, 0.6) is 0 Å². The Morgan fingerprint density at radius 2 is 2.17 bits per heavy atom. The molecule has 102 valence electrons. The summed E-state index contributed by atoms with van der Waals surface area (Å²) >= 11 is 4.79. The van der Waals surface area contributed by atoms with Gasteiger partial charge in [-0.3, -0.25) is 0 Å². The summed E-state index contributed by atoms with van der Waals surface area (Å²) in [5.74, 6) is 0.269. The fourth-order valence-electron chi connectivity index (χ4n) is 1.65. The van der Waals surface area contributed by atoms with E-state index in [1.807, 2.05) is 6.92 Å². The quantitative estimate of drug-likeness (QED) is 0.759. The minimum Gasteiger partial charge on any atom is -0.393 e. The molecule has 0 saturated heterocycles. The van der Waals surface area contributed by atoms with Crippen LogP contribution in [0.25, 0.3) is 0 Å². The highest BCUT2D eigenvalue weighted by molar-refractivity contribution is 7.89. The molecular formula is C10H17N3O3S2. The summed E-state index contributed by atoms with van der Waals surface area (Å²) in [5, 5.41) is 3.63. The van der Waals surface area contributed by atoms with Crippen LogP contribution in [0.3, 0.4) is 0 Å². The number of nitrogens with zero attached hydrogens (tertiary/aromatic N) is 1. The molecule has 0 aliphatic carbocycles. The normalized spacial score (nSPS) is 13.5. The number of sulfonamides is 1. The first-order valence-corrected chi connectivity index (χ1v) is 7.40. The van der Waals surface area contributed by atoms with Crippen LogP contribution < -0.4 is 10.5 Å². The maximum Gasteiger partial charge on any atom is 0.246 e. The number of rotatable bonds is 6. The monoisotopic (exact) mass is 291 g/mol. The Morgan fingerprint density at radius 3 is 2.56 bits per heavy atom. The van der Waals surface area contributed by atoms with Crippen molar-refractivity contribution in [2.75, 3.05) is 0 Å². The maximum atomic E-state index is 12.2. The van der Waals surface area contributed by atoms with Crippen molar-refractivity contribution in [3.8, 4) is 0 Å². The Bertz CT molecular complexity index is 517. The van der Waals surface area contributed by atoms with Gasteiger partial charge in [-0.15, -0.1) is 0 Å². The second-order valence-electron chi connectivity index (χ2n) is 4.05. The zero-order chi connectivity index (χ0) is 13.9. The van der Waals surface area contributed by atoms with Crippen molar-refractivity contribution in [2.24, 2.45) is 5.73 Å². The standard InChI is InChI=1S/C10H17N3O3S2/c1-4-8(5-9(11)17)13-18(14,15)10-6(2)12-16-7(10)3/h8,13H,4-5H2,1-3H3,(H2,11,17). The van der Waals surface area contributed by atoms with Crippen LogP contribution in [0.2, 0.25) is 0 Å². The van der Waals surface area contributed by atoms with E-state index in [9.17, 15) is 8.42 Å². The Balaban J connectivity index is 2.98. The molecule has 1 atom stereocenters. The molecule has 18 heavy (non-hydrogen) atoms. The zero-order valence-electron chi connectivity index (χ0n) is 10.6. The van der Waals surface area contributed by atoms with E-state index in [2.05, 4.69) is 9.88 Å². The third-order valence-electron chi connectivity index (χ3n) is 2.50. The van der Waals surface area contributed by atoms with E-state index in [1.165, 1.54) is 0 Å². The lowest BCUT2D eigenvalue weighted by Crippen LogP contribution is -2.37. The van der Waals surface area contributed by atoms with Crippen molar-refractivity contribution in [1.29, 1.82) is 0 Å². The summed E-state index contributed by atoms with van der Waals surface area (Å²) in [6.07, 6.45) is 0.925. The summed E-state index contributed by atoms with van der Waals surface area (Å²) in [7, 11) is -3.66. The fourth-order valence-corrected chi connectivity index (χ4v) is 3.50. The van der Waals surface area contributed by atoms with Crippen molar-refractivity contribution >= 4 is 27.2 Å². The molecule has 0 spiro atoms. The minimum absolute atomic E-state index is 0.0869. The molecule has 0 aliphatic heterocycles. The number of hydrogen-bond acceptors (Lipinski definition) is 5. The third-order valence-corrected chi connectivity index (χ3v) is 4.43. The Labute approximate surface area is 112 Å². The van der Waals surface area contributed by atoms with Gasteiger partial charge in [0.25, 0.3) is 0 Å². The van der Waals surface area contributed by atoms with Gasteiger partial charge in [0.2, 0.25) is 10.0 Å². The molecule has 0 aliphatic rings. The average molecular weight is 291 g/mol. The van der Waals surface area contributed by atoms with Gasteiger partial charge in [-0.2, -0.15) is 0 Å². The van der Waals surface area contributed by atoms with Crippen LogP contribution in [-0.4, -0.2) is 24.6 Å². The van der Waals surface area contributed by atoms with E-state index < -0.39 is 10.0 Å². The van der Waals surface area contributed by atoms with Crippen LogP contribution in [0.4, 0.5) is 0 Å². The van der Waals surface area contributed by atoms with Crippen molar-refractivity contribution in [2.45, 2.75) is 44.6 Å². The van der Waals surface area contributed by atoms with Crippen molar-refractivity contribution in [1.82, 2.24) is 9.88 Å². The molecule has 0 amide bonds. The molecule has 6 nitrogen and oxygen atoms in total. The van der Waals surface area contributed by atoms with E-state index in [-0.39, 0.29) is 21.7 Å². The zero-order valence-corrected chi connectivity index (χ0v) is 12.2. The Hall–Kier alpha value is -0.990. The summed E-state index contributed by atoms with van der Waals surface area (Å²) in [5.41, 5.74) is 5.77. The van der Waals surface area contributed by atoms with E-state index in [4.69, 9.17) is 22.5 Å². The van der Waals surface area contributed by atoms with Crippen LogP contribution >= 0.6 is 12.2 Å². The molecule has 3 N–H and O–H groups in total. The lowest BCUT2D eigenvalue weighted by atomic mass is 10.2. The molecule has 1 unspecified atom stereocenters. The van der Waals surface area contributed by atoms with Gasteiger partial charge in [0, 0.05) is 12.5 Å². The Kier molecular flexibility index (Phi) is 4.83. The molecule has 0 fully saturated rings. The Morgan fingerprint density at radius 1 is 1.56 bits per heavy atom. The predicted molar refractivity (Wildman–Crippen MR) is 71.8 cm³/mol. The highest BCUT2D eigenvalue weighted by Gasteiger charge is 2.26. The van der Waals surface area contributed by atoms with E-state index in [0.717, 1.165) is 0 Å². The highest BCUT2D eigenvalue weighted by Crippen LogP contribution is 2.19. The first-order valence-electron chi connectivity index (χ1n) is 5.51. The molecule has 0 radical (unpaired) electrons. The molecule has 0 bridgehead atoms. The summed E-state index contributed by atoms with van der Waals surface area (Å²) in [6.45, 7) is 5.00. The summed E-state index contributed by atoms with van der Waals surface area (Å²) in [6, 6.07) is -0.318. The third kappa shape index (κ3) is 3.50. The highest BCUT2D eigenvalue weighted by atomic mass is 32.2. The van der Waals surface area contributed by atoms with Crippen LogP contribution in [0.1, 0.15) is 31.2 Å². The lowest BCUT2D eigenvalue weighted by Gasteiger charge is -2.16. The van der Waals surface area contributed by atoms with Crippen LogP contribution in [-0.2, 0) is 10.0 Å². The van der Waals surface area contributed by atoms with Gasteiger partial charge in [0.15, 0.2) is 5.76 Å². The molecular weight excluding hydrogens is 274 g/mol. The molecule has 1 aromatic heterocycles. The van der Waals surface area contributed by atoms with Gasteiger partial charge in [-0.05, 0) is 20.3 Å². The molecule has 1 heterocycles. The van der Waals surface area contributed by atoms with E-state index >= 15 is 0 Å². The molecule has 0 aromatic carbocycles. The number of aryl methyl sites for hydroxylation is 2. The smallest absolute Gasteiger partial charge is 0.246 e. The van der Waals surface area contributed by atoms with E-state index in [1.54, 1.807) is 13.8 Å². The molecule has 0 saturated carbocycles. The van der Waals surface area contributed by atoms with Gasteiger partial charge < -0.3 is 10.3 Å². The topological polar surface area (TPSA) is 98.2 Å². The second kappa shape index (κ2) is 5.77. The van der Waals surface area contributed by atoms with Gasteiger partial charge in [-0.25, -0.2) is 13.1 Å². The first kappa shape index (κ1) is 15.1. The number of thiocarbonyl (C=S) groups is 1. The molecule has 1 rings (SSSR count). The molecule has 1 aromatic rings. The van der Waals surface area contributed by atoms with Crippen LogP contribution in [0, 0.1) is 13.8 Å². The van der Waals surface area contributed by atoms with Crippen molar-refractivity contribution in [3.63, 3.8) is 0 Å². The molecule has 8 heteroatoms. The number of nitrogens with one attached hydrogen (secondary N) is 1. The first-order chi connectivity index (χ1) is 8.27. The van der Waals surface area contributed by atoms with Crippen LogP contribution in [0.15, 0.2) is 9.42 Å². The average Bonchev–Trinajstić information content (AvgIpc) is 2.56. The van der Waals surface area contributed by atoms with Gasteiger partial charge in [0.05, 0.1) is 4.99 Å². The lowest BCUT2D eigenvalue weighted by molar-refractivity contribution is 0.390. The SMILES string of the molecule is CCC(CC(N)=S)NS(=O)(=O)c1c(C)noc1C. The number of nitrogens with two attached hydrogens (primary N) is 1. The van der Waals surface area contributed by atoms with Crippen molar-refractivity contribution < 1.29 is 12.9 Å². The largest absolute Gasteiger partial charge is 0.393 e. The van der Waals surface area contributed by atoms with Gasteiger partial charge >= 0.3 is 0 Å². The van der Waals surface area contributed by atoms with Crippen molar-refractivity contribution in [3.05, 3.63) is 11.5 Å².